The van der Waals surface area contributed by atoms with Crippen LogP contribution in [0.3, 0.4) is 0 Å². The highest BCUT2D eigenvalue weighted by molar-refractivity contribution is 5.69. The molecule has 0 saturated heterocycles. The molecule has 0 aliphatic heterocycles. The van der Waals surface area contributed by atoms with Crippen molar-refractivity contribution in [2.75, 3.05) is 6.61 Å². The molecule has 46 heavy (non-hydrogen) atoms. The van der Waals surface area contributed by atoms with Crippen LogP contribution in [0.25, 0.3) is 0 Å². The van der Waals surface area contributed by atoms with Gasteiger partial charge in [-0.2, -0.15) is 0 Å². The first-order valence-corrected chi connectivity index (χ1v) is 20.7. The summed E-state index contributed by atoms with van der Waals surface area (Å²) in [5.74, 6) is -0.660. The molecule has 0 aromatic rings. The number of ether oxygens (including phenoxy) is 1. The minimum Gasteiger partial charge on any atom is -0.481 e. The SMILES string of the molecule is CCCCCCCCC=CCCCCCCCCCCCCCC(=O)OCCCCCCCCCCCCCCCCCC(=O)O. The van der Waals surface area contributed by atoms with Gasteiger partial charge in [0, 0.05) is 12.8 Å². The predicted octanol–water partition coefficient (Wildman–Crippen LogP) is 14.2. The molecule has 0 atom stereocenters. The van der Waals surface area contributed by atoms with Crippen LogP contribution in [-0.4, -0.2) is 23.7 Å². The maximum absolute atomic E-state index is 12.0. The predicted molar refractivity (Wildman–Crippen MR) is 200 cm³/mol. The Morgan fingerprint density at radius 1 is 0.413 bits per heavy atom. The first-order chi connectivity index (χ1) is 22.7. The van der Waals surface area contributed by atoms with Gasteiger partial charge in [-0.15, -0.1) is 0 Å². The molecule has 0 amide bonds. The van der Waals surface area contributed by atoms with Crippen LogP contribution in [0, 0.1) is 0 Å². The summed E-state index contributed by atoms with van der Waals surface area (Å²) in [6.45, 7) is 2.89. The Bertz CT molecular complexity index is 644. The topological polar surface area (TPSA) is 63.6 Å². The first kappa shape index (κ1) is 44.7. The second kappa shape index (κ2) is 39.9. The van der Waals surface area contributed by atoms with Crippen LogP contribution >= 0.6 is 0 Å². The summed E-state index contributed by atoms with van der Waals surface area (Å²) < 4.78 is 5.45. The second-order valence-corrected chi connectivity index (χ2v) is 14.1. The maximum atomic E-state index is 12.0. The molecule has 1 N–H and O–H groups in total. The van der Waals surface area contributed by atoms with Crippen molar-refractivity contribution in [2.45, 2.75) is 238 Å². The van der Waals surface area contributed by atoms with E-state index in [4.69, 9.17) is 9.84 Å². The number of carboxylic acid groups (broad SMARTS) is 1. The Morgan fingerprint density at radius 3 is 1.09 bits per heavy atom. The van der Waals surface area contributed by atoms with Gasteiger partial charge in [-0.25, -0.2) is 0 Å². The zero-order valence-electron chi connectivity index (χ0n) is 31.0. The third kappa shape index (κ3) is 40.7. The van der Waals surface area contributed by atoms with Gasteiger partial charge in [0.1, 0.15) is 0 Å². The zero-order chi connectivity index (χ0) is 33.4. The Kier molecular flexibility index (Phi) is 38.7. The largest absolute Gasteiger partial charge is 0.481 e. The summed E-state index contributed by atoms with van der Waals surface area (Å²) in [6, 6.07) is 0. The van der Waals surface area contributed by atoms with Crippen LogP contribution in [0.1, 0.15) is 238 Å². The van der Waals surface area contributed by atoms with Gasteiger partial charge in [0.25, 0.3) is 0 Å². The van der Waals surface area contributed by atoms with E-state index in [0.717, 1.165) is 32.1 Å². The van der Waals surface area contributed by atoms with E-state index in [1.807, 2.05) is 0 Å². The van der Waals surface area contributed by atoms with E-state index in [2.05, 4.69) is 19.1 Å². The fraction of sp³-hybridized carbons (Fsp3) is 0.905. The molecule has 0 aromatic carbocycles. The third-order valence-corrected chi connectivity index (χ3v) is 9.44. The van der Waals surface area contributed by atoms with E-state index in [9.17, 15) is 9.59 Å². The Balaban J connectivity index is 3.18. The standard InChI is InChI=1S/C42H80O4/c1-2-3-4-5-6-7-8-9-10-11-12-13-14-15-18-21-24-27-30-33-36-39-42(45)46-40-37-34-31-28-25-22-19-16-17-20-23-26-29-32-35-38-41(43)44/h9-10H,2-8,11-40H2,1H3,(H,43,44). The lowest BCUT2D eigenvalue weighted by atomic mass is 10.0. The molecular formula is C42H80O4. The van der Waals surface area contributed by atoms with Crippen LogP contribution in [0.15, 0.2) is 12.2 Å². The van der Waals surface area contributed by atoms with Crippen molar-refractivity contribution in [3.05, 3.63) is 12.2 Å². The fourth-order valence-corrected chi connectivity index (χ4v) is 6.34. The molecule has 0 radical (unpaired) electrons. The van der Waals surface area contributed by atoms with Crippen LogP contribution in [-0.2, 0) is 14.3 Å². The molecule has 0 bridgehead atoms. The van der Waals surface area contributed by atoms with Gasteiger partial charge < -0.3 is 9.84 Å². The molecular weight excluding hydrogens is 568 g/mol. The van der Waals surface area contributed by atoms with Gasteiger partial charge in [0.05, 0.1) is 6.61 Å². The van der Waals surface area contributed by atoms with Gasteiger partial charge >= 0.3 is 11.9 Å². The summed E-state index contributed by atoms with van der Waals surface area (Å²) >= 11 is 0. The number of hydrogen-bond donors (Lipinski definition) is 1. The lowest BCUT2D eigenvalue weighted by molar-refractivity contribution is -0.144. The number of unbranched alkanes of at least 4 members (excludes halogenated alkanes) is 31. The summed E-state index contributed by atoms with van der Waals surface area (Å²) in [6.07, 6.45) is 49.5. The van der Waals surface area contributed by atoms with Gasteiger partial charge in [-0.05, 0) is 44.9 Å². The fourth-order valence-electron chi connectivity index (χ4n) is 6.34. The van der Waals surface area contributed by atoms with Crippen LogP contribution < -0.4 is 0 Å². The molecule has 4 nitrogen and oxygen atoms in total. The quantitative estimate of drug-likeness (QED) is 0.0409. The van der Waals surface area contributed by atoms with Gasteiger partial charge in [0.2, 0.25) is 0 Å². The molecule has 0 aromatic heterocycles. The van der Waals surface area contributed by atoms with E-state index < -0.39 is 5.97 Å². The third-order valence-electron chi connectivity index (χ3n) is 9.44. The van der Waals surface area contributed by atoms with Crippen molar-refractivity contribution in [1.29, 1.82) is 0 Å². The molecule has 0 rings (SSSR count). The minimum absolute atomic E-state index is 0.00600. The number of carbonyl (C=O) groups is 2. The monoisotopic (exact) mass is 649 g/mol. The molecule has 0 aliphatic rings. The van der Waals surface area contributed by atoms with E-state index >= 15 is 0 Å². The number of aliphatic carboxylic acids is 1. The number of esters is 1. The van der Waals surface area contributed by atoms with Crippen LogP contribution in [0.2, 0.25) is 0 Å². The van der Waals surface area contributed by atoms with Crippen molar-refractivity contribution in [2.24, 2.45) is 0 Å². The summed E-state index contributed by atoms with van der Waals surface area (Å²) in [4.78, 5) is 22.5. The highest BCUT2D eigenvalue weighted by Crippen LogP contribution is 2.15. The highest BCUT2D eigenvalue weighted by atomic mass is 16.5. The number of carbonyl (C=O) groups excluding carboxylic acids is 1. The van der Waals surface area contributed by atoms with E-state index in [-0.39, 0.29) is 5.97 Å². The molecule has 4 heteroatoms. The first-order valence-electron chi connectivity index (χ1n) is 20.7. The second-order valence-electron chi connectivity index (χ2n) is 14.1. The number of rotatable bonds is 39. The average molecular weight is 649 g/mol. The lowest BCUT2D eigenvalue weighted by Crippen LogP contribution is -2.05. The maximum Gasteiger partial charge on any atom is 0.305 e. The van der Waals surface area contributed by atoms with Gasteiger partial charge in [-0.1, -0.05) is 192 Å². The summed E-state index contributed by atoms with van der Waals surface area (Å²) in [7, 11) is 0. The molecule has 0 fully saturated rings. The van der Waals surface area contributed by atoms with Gasteiger partial charge in [-0.3, -0.25) is 9.59 Å². The van der Waals surface area contributed by atoms with Crippen molar-refractivity contribution in [1.82, 2.24) is 0 Å². The Morgan fingerprint density at radius 2 is 0.717 bits per heavy atom. The number of allylic oxidation sites excluding steroid dienone is 2. The highest BCUT2D eigenvalue weighted by Gasteiger charge is 2.03. The number of carboxylic acids is 1. The van der Waals surface area contributed by atoms with Crippen LogP contribution in [0.5, 0.6) is 0 Å². The molecule has 0 heterocycles. The average Bonchev–Trinajstić information content (AvgIpc) is 3.04. The van der Waals surface area contributed by atoms with E-state index in [1.165, 1.54) is 186 Å². The molecule has 0 aliphatic carbocycles. The molecule has 0 spiro atoms. The van der Waals surface area contributed by atoms with Crippen molar-refractivity contribution in [3.63, 3.8) is 0 Å². The Hall–Kier alpha value is -1.32. The lowest BCUT2D eigenvalue weighted by Gasteiger charge is -2.06. The molecule has 272 valence electrons. The smallest absolute Gasteiger partial charge is 0.305 e. The Labute approximate surface area is 287 Å². The molecule has 0 saturated carbocycles. The zero-order valence-corrected chi connectivity index (χ0v) is 31.0. The summed E-state index contributed by atoms with van der Waals surface area (Å²) in [5, 5.41) is 8.64. The minimum atomic E-state index is -0.666. The van der Waals surface area contributed by atoms with Crippen molar-refractivity contribution >= 4 is 11.9 Å². The summed E-state index contributed by atoms with van der Waals surface area (Å²) in [5.41, 5.74) is 0. The van der Waals surface area contributed by atoms with E-state index in [1.54, 1.807) is 0 Å². The van der Waals surface area contributed by atoms with Crippen LogP contribution in [0.4, 0.5) is 0 Å². The van der Waals surface area contributed by atoms with Crippen molar-refractivity contribution < 1.29 is 19.4 Å². The van der Waals surface area contributed by atoms with E-state index in [0.29, 0.717) is 19.4 Å². The normalized spacial score (nSPS) is 11.5. The van der Waals surface area contributed by atoms with Gasteiger partial charge in [0.15, 0.2) is 0 Å². The van der Waals surface area contributed by atoms with Crippen molar-refractivity contribution in [3.8, 4) is 0 Å². The number of hydrogen-bond acceptors (Lipinski definition) is 3. The molecule has 0 unspecified atom stereocenters.